The maximum absolute atomic E-state index is 9.40. The van der Waals surface area contributed by atoms with Gasteiger partial charge in [0.1, 0.15) is 18.1 Å². The van der Waals surface area contributed by atoms with Crippen molar-refractivity contribution in [3.63, 3.8) is 0 Å². The summed E-state index contributed by atoms with van der Waals surface area (Å²) >= 11 is 0. The lowest BCUT2D eigenvalue weighted by Gasteiger charge is -2.37. The molecule has 18 heavy (non-hydrogen) atoms. The Morgan fingerprint density at radius 1 is 1.44 bits per heavy atom. The smallest absolute Gasteiger partial charge is 0.127 e. The summed E-state index contributed by atoms with van der Waals surface area (Å²) in [6.45, 7) is 3.48. The average molecular weight is 249 g/mol. The first-order valence-corrected chi connectivity index (χ1v) is 6.59. The molecule has 2 aliphatic rings. The van der Waals surface area contributed by atoms with E-state index in [1.165, 1.54) is 0 Å². The van der Waals surface area contributed by atoms with E-state index in [4.69, 9.17) is 9.47 Å². The lowest BCUT2D eigenvalue weighted by atomic mass is 9.88. The monoisotopic (exact) mass is 249 g/mol. The molecule has 2 N–H and O–H groups in total. The number of hydrogen-bond acceptors (Lipinski definition) is 4. The maximum Gasteiger partial charge on any atom is 0.127 e. The van der Waals surface area contributed by atoms with Crippen molar-refractivity contribution in [2.45, 2.75) is 38.0 Å². The van der Waals surface area contributed by atoms with Gasteiger partial charge in [0.15, 0.2) is 0 Å². The van der Waals surface area contributed by atoms with E-state index < -0.39 is 0 Å². The molecule has 1 aliphatic carbocycles. The Balaban J connectivity index is 1.57. The summed E-state index contributed by atoms with van der Waals surface area (Å²) < 4.78 is 11.1. The highest BCUT2D eigenvalue weighted by atomic mass is 16.5. The molecule has 0 saturated heterocycles. The van der Waals surface area contributed by atoms with Gasteiger partial charge in [0, 0.05) is 24.3 Å². The van der Waals surface area contributed by atoms with E-state index in [0.717, 1.165) is 30.8 Å². The molecule has 4 heteroatoms. The van der Waals surface area contributed by atoms with Crippen molar-refractivity contribution in [1.29, 1.82) is 0 Å². The van der Waals surface area contributed by atoms with Gasteiger partial charge in [-0.3, -0.25) is 0 Å². The predicted octanol–water partition coefficient (Wildman–Crippen LogP) is 1.98. The first-order valence-electron chi connectivity index (χ1n) is 6.59. The van der Waals surface area contributed by atoms with Gasteiger partial charge >= 0.3 is 0 Å². The largest absolute Gasteiger partial charge is 0.508 e. The SMILES string of the molecule is CCOC1CC(NC2COc3cc(O)ccc32)C1. The number of rotatable bonds is 4. The zero-order chi connectivity index (χ0) is 12.5. The second-order valence-corrected chi connectivity index (χ2v) is 5.00. The zero-order valence-electron chi connectivity index (χ0n) is 10.6. The minimum absolute atomic E-state index is 0.244. The Morgan fingerprint density at radius 2 is 2.28 bits per heavy atom. The van der Waals surface area contributed by atoms with E-state index in [1.807, 2.05) is 13.0 Å². The van der Waals surface area contributed by atoms with Gasteiger partial charge in [0.05, 0.1) is 12.1 Å². The molecule has 0 radical (unpaired) electrons. The predicted molar refractivity (Wildman–Crippen MR) is 67.9 cm³/mol. The molecular weight excluding hydrogens is 230 g/mol. The molecule has 0 spiro atoms. The van der Waals surface area contributed by atoms with Crippen LogP contribution in [-0.2, 0) is 4.74 Å². The fourth-order valence-corrected chi connectivity index (χ4v) is 2.69. The van der Waals surface area contributed by atoms with Crippen LogP contribution in [0.3, 0.4) is 0 Å². The van der Waals surface area contributed by atoms with Crippen LogP contribution in [0.15, 0.2) is 18.2 Å². The summed E-state index contributed by atoms with van der Waals surface area (Å²) in [6, 6.07) is 6.10. The molecule has 3 rings (SSSR count). The number of phenolic OH excluding ortho intramolecular Hbond substituents is 1. The molecule has 0 bridgehead atoms. The van der Waals surface area contributed by atoms with E-state index >= 15 is 0 Å². The van der Waals surface area contributed by atoms with Crippen LogP contribution in [0.5, 0.6) is 11.5 Å². The second-order valence-electron chi connectivity index (χ2n) is 5.00. The lowest BCUT2D eigenvalue weighted by Crippen LogP contribution is -2.47. The lowest BCUT2D eigenvalue weighted by molar-refractivity contribution is -0.0129. The first-order chi connectivity index (χ1) is 8.76. The number of nitrogens with one attached hydrogen (secondary N) is 1. The summed E-state index contributed by atoms with van der Waals surface area (Å²) in [7, 11) is 0. The van der Waals surface area contributed by atoms with E-state index in [1.54, 1.807) is 12.1 Å². The Bertz CT molecular complexity index is 429. The van der Waals surface area contributed by atoms with E-state index in [-0.39, 0.29) is 11.8 Å². The average Bonchev–Trinajstić information content (AvgIpc) is 2.69. The highest BCUT2D eigenvalue weighted by molar-refractivity contribution is 5.44. The van der Waals surface area contributed by atoms with Gasteiger partial charge < -0.3 is 19.9 Å². The van der Waals surface area contributed by atoms with Crippen LogP contribution in [0.25, 0.3) is 0 Å². The minimum Gasteiger partial charge on any atom is -0.508 e. The molecule has 1 aromatic rings. The molecular formula is C14H19NO3. The van der Waals surface area contributed by atoms with Gasteiger partial charge in [0.2, 0.25) is 0 Å². The van der Waals surface area contributed by atoms with Gasteiger partial charge in [0.25, 0.3) is 0 Å². The normalized spacial score (nSPS) is 29.5. The summed E-state index contributed by atoms with van der Waals surface area (Å²) in [4.78, 5) is 0. The van der Waals surface area contributed by atoms with Crippen molar-refractivity contribution in [2.24, 2.45) is 0 Å². The molecule has 1 saturated carbocycles. The van der Waals surface area contributed by atoms with Crippen molar-refractivity contribution in [2.75, 3.05) is 13.2 Å². The van der Waals surface area contributed by atoms with Crippen molar-refractivity contribution >= 4 is 0 Å². The Labute approximate surface area is 107 Å². The number of phenols is 1. The first kappa shape index (κ1) is 11.8. The standard InChI is InChI=1S/C14H19NO3/c1-2-17-11-5-9(6-11)15-13-8-18-14-7-10(16)3-4-12(13)14/h3-4,7,9,11,13,15-16H,2,5-6,8H2,1H3. The third kappa shape index (κ3) is 2.18. The Morgan fingerprint density at radius 3 is 3.06 bits per heavy atom. The molecule has 1 fully saturated rings. The van der Waals surface area contributed by atoms with E-state index in [0.29, 0.717) is 18.8 Å². The van der Waals surface area contributed by atoms with Crippen LogP contribution in [-0.4, -0.2) is 30.5 Å². The minimum atomic E-state index is 0.244. The van der Waals surface area contributed by atoms with Crippen LogP contribution < -0.4 is 10.1 Å². The molecule has 4 nitrogen and oxygen atoms in total. The van der Waals surface area contributed by atoms with Gasteiger partial charge in [-0.05, 0) is 31.9 Å². The van der Waals surface area contributed by atoms with Crippen LogP contribution in [0, 0.1) is 0 Å². The fraction of sp³-hybridized carbons (Fsp3) is 0.571. The van der Waals surface area contributed by atoms with Crippen molar-refractivity contribution in [1.82, 2.24) is 5.32 Å². The van der Waals surface area contributed by atoms with Crippen molar-refractivity contribution < 1.29 is 14.6 Å². The molecule has 1 aliphatic heterocycles. The zero-order valence-corrected chi connectivity index (χ0v) is 10.6. The highest BCUT2D eigenvalue weighted by Gasteiger charge is 2.34. The van der Waals surface area contributed by atoms with Gasteiger partial charge in [-0.15, -0.1) is 0 Å². The van der Waals surface area contributed by atoms with Crippen molar-refractivity contribution in [3.8, 4) is 11.5 Å². The summed E-state index contributed by atoms with van der Waals surface area (Å²) in [6.07, 6.45) is 2.59. The fourth-order valence-electron chi connectivity index (χ4n) is 2.69. The summed E-state index contributed by atoms with van der Waals surface area (Å²) in [5, 5.41) is 13.0. The van der Waals surface area contributed by atoms with Gasteiger partial charge in [-0.1, -0.05) is 0 Å². The van der Waals surface area contributed by atoms with E-state index in [9.17, 15) is 5.11 Å². The highest BCUT2D eigenvalue weighted by Crippen LogP contribution is 2.36. The van der Waals surface area contributed by atoms with Crippen LogP contribution in [0.4, 0.5) is 0 Å². The number of aromatic hydroxyl groups is 1. The van der Waals surface area contributed by atoms with Crippen molar-refractivity contribution in [3.05, 3.63) is 23.8 Å². The maximum atomic E-state index is 9.40. The molecule has 0 amide bonds. The van der Waals surface area contributed by atoms with Crippen LogP contribution >= 0.6 is 0 Å². The summed E-state index contributed by atoms with van der Waals surface area (Å²) in [5.74, 6) is 1.06. The molecule has 1 unspecified atom stereocenters. The number of ether oxygens (including phenoxy) is 2. The molecule has 1 atom stereocenters. The number of hydrogen-bond donors (Lipinski definition) is 2. The summed E-state index contributed by atoms with van der Waals surface area (Å²) in [5.41, 5.74) is 1.15. The number of fused-ring (bicyclic) bond motifs is 1. The van der Waals surface area contributed by atoms with Gasteiger partial charge in [-0.2, -0.15) is 0 Å². The Kier molecular flexibility index (Phi) is 3.14. The molecule has 1 aromatic carbocycles. The second kappa shape index (κ2) is 4.78. The molecule has 1 heterocycles. The van der Waals surface area contributed by atoms with Gasteiger partial charge in [-0.25, -0.2) is 0 Å². The molecule has 0 aromatic heterocycles. The van der Waals surface area contributed by atoms with Crippen LogP contribution in [0.1, 0.15) is 31.4 Å². The molecule has 98 valence electrons. The number of benzene rings is 1. The van der Waals surface area contributed by atoms with E-state index in [2.05, 4.69) is 5.32 Å². The third-order valence-electron chi connectivity index (χ3n) is 3.71. The van der Waals surface area contributed by atoms with Crippen LogP contribution in [0.2, 0.25) is 0 Å². The topological polar surface area (TPSA) is 50.7 Å². The Hall–Kier alpha value is -1.26. The quantitative estimate of drug-likeness (QED) is 0.856. The third-order valence-corrected chi connectivity index (χ3v) is 3.71.